The molecule has 244 valence electrons. The van der Waals surface area contributed by atoms with Crippen molar-refractivity contribution in [2.24, 2.45) is 5.73 Å². The second kappa shape index (κ2) is 18.7. The van der Waals surface area contributed by atoms with Gasteiger partial charge in [0.25, 0.3) is 0 Å². The molecule has 0 saturated heterocycles. The Balaban J connectivity index is 0.000000264. The molecule has 0 saturated carbocycles. The zero-order valence-corrected chi connectivity index (χ0v) is 27.0. The van der Waals surface area contributed by atoms with E-state index in [0.29, 0.717) is 39.3 Å². The number of nitrogens with one attached hydrogen (secondary N) is 1. The summed E-state index contributed by atoms with van der Waals surface area (Å²) < 4.78 is 9.76. The van der Waals surface area contributed by atoms with E-state index in [0.717, 1.165) is 5.56 Å². The normalized spacial score (nSPS) is 10.7. The van der Waals surface area contributed by atoms with Gasteiger partial charge >= 0.3 is 11.9 Å². The summed E-state index contributed by atoms with van der Waals surface area (Å²) in [5, 5.41) is 35.7. The summed E-state index contributed by atoms with van der Waals surface area (Å²) in [7, 11) is 1.32. The Labute approximate surface area is 275 Å². The number of para-hydroxylation sites is 3. The molecule has 47 heavy (non-hydrogen) atoms. The minimum atomic E-state index is -0.515. The van der Waals surface area contributed by atoms with E-state index in [1.807, 2.05) is 38.1 Å². The lowest BCUT2D eigenvalue weighted by atomic mass is 10.1. The average molecular weight is 637 g/mol. The molecule has 0 fully saturated rings. The highest BCUT2D eigenvalue weighted by Gasteiger charge is 2.09. The number of phenolic OH excluding ortho intramolecular Hbond substituents is 3. The molecule has 0 atom stereocenters. The SMILES string of the molecule is C/C(=C\c1ccccc1O)C(=O)Oc1ccc(C(=N)N)cc1.CC(C)=Cc1ccccc1O.COC(=O)/C(C)=C/c1ccccc1O. The van der Waals surface area contributed by atoms with Crippen LogP contribution < -0.4 is 10.5 Å². The van der Waals surface area contributed by atoms with Crippen molar-refractivity contribution < 1.29 is 34.4 Å². The Kier molecular flexibility index (Phi) is 14.7. The third-order valence-electron chi connectivity index (χ3n) is 6.20. The molecule has 0 aromatic heterocycles. The molecule has 0 radical (unpaired) electrons. The zero-order chi connectivity index (χ0) is 34.9. The van der Waals surface area contributed by atoms with E-state index in [-0.39, 0.29) is 17.3 Å². The van der Waals surface area contributed by atoms with Gasteiger partial charge < -0.3 is 30.5 Å². The number of hydrogen-bond acceptors (Lipinski definition) is 8. The number of rotatable bonds is 7. The summed E-state index contributed by atoms with van der Waals surface area (Å²) >= 11 is 0. The number of nitrogen functional groups attached to an aromatic ring is 1. The van der Waals surface area contributed by atoms with Crippen LogP contribution in [0, 0.1) is 5.41 Å². The summed E-state index contributed by atoms with van der Waals surface area (Å²) in [5.41, 5.74) is 9.94. The number of allylic oxidation sites excluding steroid dienone is 1. The van der Waals surface area contributed by atoms with Crippen LogP contribution in [0.5, 0.6) is 23.0 Å². The second-order valence-corrected chi connectivity index (χ2v) is 10.4. The molecule has 0 aliphatic rings. The van der Waals surface area contributed by atoms with E-state index in [2.05, 4.69) is 4.74 Å². The van der Waals surface area contributed by atoms with Crippen molar-refractivity contribution in [1.29, 1.82) is 5.41 Å². The van der Waals surface area contributed by atoms with Crippen molar-refractivity contribution in [3.8, 4) is 23.0 Å². The van der Waals surface area contributed by atoms with Crippen LogP contribution in [-0.4, -0.2) is 40.2 Å². The number of phenols is 3. The highest BCUT2D eigenvalue weighted by Crippen LogP contribution is 2.21. The number of carbonyl (C=O) groups is 2. The van der Waals surface area contributed by atoms with E-state index in [1.165, 1.54) is 12.7 Å². The lowest BCUT2D eigenvalue weighted by molar-refractivity contribution is -0.136. The summed E-state index contributed by atoms with van der Waals surface area (Å²) in [6.07, 6.45) is 5.10. The number of carbonyl (C=O) groups excluding carboxylic acids is 2. The maximum atomic E-state index is 12.0. The zero-order valence-electron chi connectivity index (χ0n) is 27.0. The maximum absolute atomic E-state index is 12.0. The first-order chi connectivity index (χ1) is 22.3. The van der Waals surface area contributed by atoms with Crippen molar-refractivity contribution >= 4 is 36.0 Å². The number of amidine groups is 1. The second-order valence-electron chi connectivity index (χ2n) is 10.4. The number of benzene rings is 4. The lowest BCUT2D eigenvalue weighted by Crippen LogP contribution is -2.12. The first-order valence-corrected chi connectivity index (χ1v) is 14.4. The van der Waals surface area contributed by atoms with Crippen LogP contribution in [0.15, 0.2) is 114 Å². The van der Waals surface area contributed by atoms with Gasteiger partial charge in [0.2, 0.25) is 0 Å². The van der Waals surface area contributed by atoms with Gasteiger partial charge in [-0.1, -0.05) is 66.2 Å². The van der Waals surface area contributed by atoms with Crippen molar-refractivity contribution in [2.45, 2.75) is 27.7 Å². The molecular formula is C38H40N2O7. The number of nitrogens with two attached hydrogens (primary N) is 1. The van der Waals surface area contributed by atoms with Gasteiger partial charge in [-0.05, 0) is 82.3 Å². The van der Waals surface area contributed by atoms with Gasteiger partial charge in [-0.25, -0.2) is 9.59 Å². The molecule has 4 aromatic carbocycles. The predicted octanol–water partition coefficient (Wildman–Crippen LogP) is 7.47. The third kappa shape index (κ3) is 12.8. The molecule has 0 bridgehead atoms. The van der Waals surface area contributed by atoms with Gasteiger partial charge in [0, 0.05) is 33.4 Å². The Bertz CT molecular complexity index is 1770. The number of aromatic hydroxyl groups is 3. The Morgan fingerprint density at radius 2 is 1.00 bits per heavy atom. The topological polar surface area (TPSA) is 163 Å². The summed E-state index contributed by atoms with van der Waals surface area (Å²) in [4.78, 5) is 23.1. The highest BCUT2D eigenvalue weighted by molar-refractivity contribution is 5.96. The van der Waals surface area contributed by atoms with Crippen molar-refractivity contribution in [1.82, 2.24) is 0 Å². The summed E-state index contributed by atoms with van der Waals surface area (Å²) in [6.45, 7) is 7.26. The van der Waals surface area contributed by atoms with Crippen molar-refractivity contribution in [3.05, 3.63) is 136 Å². The standard InChI is InChI=1S/C17H16N2O3.C11H12O3.C10H12O/c1-11(10-13-4-2-3-5-15(13)20)17(21)22-14-8-6-12(7-9-14)16(18)19;1-8(11(13)14-2)7-9-5-3-4-6-10(9)12;1-8(2)7-9-5-3-4-6-10(9)11/h2-10,20H,1H3,(H3,18,19);3-7,12H,1-2H3;3-7,11H,1-2H3/b11-10+;8-7+;. The van der Waals surface area contributed by atoms with Gasteiger partial charge in [-0.3, -0.25) is 5.41 Å². The molecule has 0 aliphatic heterocycles. The molecule has 0 spiro atoms. The maximum Gasteiger partial charge on any atom is 0.339 e. The fourth-order valence-electron chi connectivity index (χ4n) is 3.78. The van der Waals surface area contributed by atoms with Crippen LogP contribution in [0.3, 0.4) is 0 Å². The highest BCUT2D eigenvalue weighted by atomic mass is 16.5. The first-order valence-electron chi connectivity index (χ1n) is 14.4. The van der Waals surface area contributed by atoms with Gasteiger partial charge in [0.1, 0.15) is 28.8 Å². The Hall–Kier alpha value is -6.09. The number of methoxy groups -OCH3 is 1. The van der Waals surface area contributed by atoms with Crippen LogP contribution >= 0.6 is 0 Å². The summed E-state index contributed by atoms with van der Waals surface area (Å²) in [5.74, 6) is -0.00876. The smallest absolute Gasteiger partial charge is 0.339 e. The molecule has 0 aliphatic carbocycles. The third-order valence-corrected chi connectivity index (χ3v) is 6.20. The van der Waals surface area contributed by atoms with Crippen molar-refractivity contribution in [3.63, 3.8) is 0 Å². The molecule has 6 N–H and O–H groups in total. The fourth-order valence-corrected chi connectivity index (χ4v) is 3.78. The molecule has 0 heterocycles. The molecule has 9 heteroatoms. The molecule has 0 amide bonds. The predicted molar refractivity (Wildman–Crippen MR) is 186 cm³/mol. The summed E-state index contributed by atoms with van der Waals surface area (Å²) in [6, 6.07) is 27.2. The molecule has 4 aromatic rings. The Morgan fingerprint density at radius 1 is 0.617 bits per heavy atom. The van der Waals surface area contributed by atoms with E-state index in [1.54, 1.807) is 105 Å². The molecular weight excluding hydrogens is 596 g/mol. The van der Waals surface area contributed by atoms with E-state index in [4.69, 9.17) is 15.9 Å². The van der Waals surface area contributed by atoms with Crippen LogP contribution in [0.25, 0.3) is 18.2 Å². The lowest BCUT2D eigenvalue weighted by Gasteiger charge is -2.06. The minimum absolute atomic E-state index is 0.0477. The largest absolute Gasteiger partial charge is 0.507 e. The molecule has 9 nitrogen and oxygen atoms in total. The van der Waals surface area contributed by atoms with Gasteiger partial charge in [-0.15, -0.1) is 0 Å². The number of ether oxygens (including phenoxy) is 2. The quantitative estimate of drug-likeness (QED) is 0.0459. The van der Waals surface area contributed by atoms with Gasteiger partial charge in [-0.2, -0.15) is 0 Å². The van der Waals surface area contributed by atoms with Crippen molar-refractivity contribution in [2.75, 3.05) is 7.11 Å². The van der Waals surface area contributed by atoms with Crippen LogP contribution in [-0.2, 0) is 14.3 Å². The monoisotopic (exact) mass is 636 g/mol. The molecule has 4 rings (SSSR count). The number of esters is 2. The van der Waals surface area contributed by atoms with Gasteiger partial charge in [0.15, 0.2) is 0 Å². The molecule has 0 unspecified atom stereocenters. The van der Waals surface area contributed by atoms with Crippen LogP contribution in [0.1, 0.15) is 49.9 Å². The first kappa shape index (κ1) is 37.1. The van der Waals surface area contributed by atoms with E-state index in [9.17, 15) is 24.9 Å². The average Bonchev–Trinajstić information content (AvgIpc) is 3.04. The van der Waals surface area contributed by atoms with Crippen LogP contribution in [0.4, 0.5) is 0 Å². The van der Waals surface area contributed by atoms with E-state index < -0.39 is 11.9 Å². The van der Waals surface area contributed by atoms with Crippen LogP contribution in [0.2, 0.25) is 0 Å². The van der Waals surface area contributed by atoms with E-state index >= 15 is 0 Å². The fraction of sp³-hybridized carbons (Fsp3) is 0.132. The number of hydrogen-bond donors (Lipinski definition) is 5. The van der Waals surface area contributed by atoms with Gasteiger partial charge in [0.05, 0.1) is 7.11 Å². The minimum Gasteiger partial charge on any atom is -0.507 e. The Morgan fingerprint density at radius 3 is 1.36 bits per heavy atom.